The second-order valence-corrected chi connectivity index (χ2v) is 6.77. The minimum atomic E-state index is -0.352. The molecule has 0 saturated heterocycles. The number of amides is 3. The first-order valence-corrected chi connectivity index (χ1v) is 8.78. The topological polar surface area (TPSA) is 78.5 Å². The number of rotatable bonds is 6. The van der Waals surface area contributed by atoms with Gasteiger partial charge in [0.2, 0.25) is 11.8 Å². The van der Waals surface area contributed by atoms with E-state index in [1.807, 2.05) is 19.1 Å². The first kappa shape index (κ1) is 19.7. The van der Waals surface area contributed by atoms with E-state index in [1.54, 1.807) is 36.4 Å². The lowest BCUT2D eigenvalue weighted by atomic mass is 10.2. The summed E-state index contributed by atoms with van der Waals surface area (Å²) in [6.45, 7) is 1.69. The fourth-order valence-electron chi connectivity index (χ4n) is 2.14. The van der Waals surface area contributed by atoms with Gasteiger partial charge in [-0.05, 0) is 43.3 Å². The number of hydrogen-bond donors (Lipinski definition) is 2. The smallest absolute Gasteiger partial charge is 0.251 e. The zero-order valence-corrected chi connectivity index (χ0v) is 16.2. The Morgan fingerprint density at radius 2 is 1.62 bits per heavy atom. The third kappa shape index (κ3) is 6.00. The van der Waals surface area contributed by atoms with Gasteiger partial charge >= 0.3 is 0 Å². The summed E-state index contributed by atoms with van der Waals surface area (Å²) in [5.74, 6) is -0.998. The fraction of sp³-hybridized carbons (Fsp3) is 0.211. The Morgan fingerprint density at radius 1 is 1.00 bits per heavy atom. The van der Waals surface area contributed by atoms with E-state index in [4.69, 9.17) is 0 Å². The van der Waals surface area contributed by atoms with Crippen molar-refractivity contribution in [2.75, 3.05) is 25.5 Å². The zero-order chi connectivity index (χ0) is 19.1. The largest absolute Gasteiger partial charge is 0.343 e. The summed E-state index contributed by atoms with van der Waals surface area (Å²) in [6, 6.07) is 14.2. The average Bonchev–Trinajstić information content (AvgIpc) is 2.61. The van der Waals surface area contributed by atoms with Gasteiger partial charge in [-0.1, -0.05) is 33.6 Å². The summed E-state index contributed by atoms with van der Waals surface area (Å²) in [4.78, 5) is 37.4. The van der Waals surface area contributed by atoms with Gasteiger partial charge in [-0.25, -0.2) is 0 Å². The Kier molecular flexibility index (Phi) is 6.91. The predicted octanol–water partition coefficient (Wildman–Crippen LogP) is 2.58. The van der Waals surface area contributed by atoms with Crippen molar-refractivity contribution in [3.8, 4) is 0 Å². The SMILES string of the molecule is Cc1ccc(NC(=O)CN(C)C(=O)CNC(=O)c2ccc(Br)cc2)cc1. The predicted molar refractivity (Wildman–Crippen MR) is 104 cm³/mol. The lowest BCUT2D eigenvalue weighted by Crippen LogP contribution is -2.41. The molecule has 0 atom stereocenters. The third-order valence-electron chi connectivity index (χ3n) is 3.65. The van der Waals surface area contributed by atoms with Gasteiger partial charge in [0.25, 0.3) is 5.91 Å². The highest BCUT2D eigenvalue weighted by atomic mass is 79.9. The van der Waals surface area contributed by atoms with Crippen LogP contribution in [-0.4, -0.2) is 42.8 Å². The molecule has 0 aliphatic carbocycles. The molecule has 6 nitrogen and oxygen atoms in total. The van der Waals surface area contributed by atoms with Gasteiger partial charge in [0.15, 0.2) is 0 Å². The average molecular weight is 418 g/mol. The Morgan fingerprint density at radius 3 is 2.23 bits per heavy atom. The van der Waals surface area contributed by atoms with Crippen molar-refractivity contribution < 1.29 is 14.4 Å². The summed E-state index contributed by atoms with van der Waals surface area (Å²) in [5.41, 5.74) is 2.22. The number of nitrogens with zero attached hydrogens (tertiary/aromatic N) is 1. The van der Waals surface area contributed by atoms with Crippen molar-refractivity contribution >= 4 is 39.3 Å². The molecule has 0 spiro atoms. The number of anilines is 1. The molecule has 0 saturated carbocycles. The highest BCUT2D eigenvalue weighted by Crippen LogP contribution is 2.10. The van der Waals surface area contributed by atoms with E-state index in [1.165, 1.54) is 11.9 Å². The zero-order valence-electron chi connectivity index (χ0n) is 14.6. The number of benzene rings is 2. The maximum Gasteiger partial charge on any atom is 0.251 e. The number of halogens is 1. The van der Waals surface area contributed by atoms with Crippen molar-refractivity contribution in [2.24, 2.45) is 0 Å². The molecule has 2 aromatic carbocycles. The van der Waals surface area contributed by atoms with Crippen molar-refractivity contribution in [1.29, 1.82) is 0 Å². The number of carbonyl (C=O) groups excluding carboxylic acids is 3. The molecule has 136 valence electrons. The van der Waals surface area contributed by atoms with Crippen LogP contribution in [0, 0.1) is 6.92 Å². The lowest BCUT2D eigenvalue weighted by molar-refractivity contribution is -0.132. The quantitative estimate of drug-likeness (QED) is 0.757. The molecule has 7 heteroatoms. The number of aryl methyl sites for hydroxylation is 1. The Hall–Kier alpha value is -2.67. The first-order chi connectivity index (χ1) is 12.3. The molecule has 2 rings (SSSR count). The van der Waals surface area contributed by atoms with E-state index in [2.05, 4.69) is 26.6 Å². The third-order valence-corrected chi connectivity index (χ3v) is 4.18. The summed E-state index contributed by atoms with van der Waals surface area (Å²) < 4.78 is 0.865. The fourth-order valence-corrected chi connectivity index (χ4v) is 2.40. The van der Waals surface area contributed by atoms with E-state index >= 15 is 0 Å². The summed E-state index contributed by atoms with van der Waals surface area (Å²) in [6.07, 6.45) is 0. The molecule has 0 unspecified atom stereocenters. The van der Waals surface area contributed by atoms with Crippen LogP contribution in [0.25, 0.3) is 0 Å². The van der Waals surface area contributed by atoms with Gasteiger partial charge in [-0.2, -0.15) is 0 Å². The summed E-state index contributed by atoms with van der Waals surface area (Å²) in [5, 5.41) is 5.28. The minimum Gasteiger partial charge on any atom is -0.343 e. The molecule has 0 fully saturated rings. The van der Waals surface area contributed by atoms with Crippen molar-refractivity contribution in [3.05, 3.63) is 64.1 Å². The molecule has 0 radical (unpaired) electrons. The molecular formula is C19H20BrN3O3. The van der Waals surface area contributed by atoms with E-state index in [0.717, 1.165) is 10.0 Å². The van der Waals surface area contributed by atoms with Crippen LogP contribution in [-0.2, 0) is 9.59 Å². The Balaban J connectivity index is 1.79. The van der Waals surface area contributed by atoms with Crippen LogP contribution in [0.15, 0.2) is 53.0 Å². The Bertz CT molecular complexity index is 789. The maximum absolute atomic E-state index is 12.1. The number of likely N-dealkylation sites (N-methyl/N-ethyl adjacent to an activating group) is 1. The van der Waals surface area contributed by atoms with Crippen molar-refractivity contribution in [3.63, 3.8) is 0 Å². The summed E-state index contributed by atoms with van der Waals surface area (Å²) in [7, 11) is 1.52. The van der Waals surface area contributed by atoms with Crippen LogP contribution in [0.5, 0.6) is 0 Å². The standard InChI is InChI=1S/C19H20BrN3O3/c1-13-3-9-16(10-4-13)22-17(24)12-23(2)18(25)11-21-19(26)14-5-7-15(20)8-6-14/h3-10H,11-12H2,1-2H3,(H,21,26)(H,22,24). The molecular weight excluding hydrogens is 398 g/mol. The molecule has 2 aromatic rings. The van der Waals surface area contributed by atoms with Crippen molar-refractivity contribution in [2.45, 2.75) is 6.92 Å². The van der Waals surface area contributed by atoms with Crippen LogP contribution in [0.3, 0.4) is 0 Å². The minimum absolute atomic E-state index is 0.0964. The monoisotopic (exact) mass is 417 g/mol. The molecule has 0 aliphatic heterocycles. The maximum atomic E-state index is 12.1. The lowest BCUT2D eigenvalue weighted by Gasteiger charge is -2.17. The van der Waals surface area contributed by atoms with Gasteiger partial charge < -0.3 is 15.5 Å². The van der Waals surface area contributed by atoms with Crippen LogP contribution < -0.4 is 10.6 Å². The Labute approximate surface area is 160 Å². The molecule has 0 aliphatic rings. The summed E-state index contributed by atoms with van der Waals surface area (Å²) >= 11 is 3.30. The van der Waals surface area contributed by atoms with Crippen LogP contribution >= 0.6 is 15.9 Å². The van der Waals surface area contributed by atoms with Crippen LogP contribution in [0.2, 0.25) is 0 Å². The van der Waals surface area contributed by atoms with Gasteiger partial charge in [-0.15, -0.1) is 0 Å². The van der Waals surface area contributed by atoms with E-state index in [9.17, 15) is 14.4 Å². The molecule has 0 heterocycles. The van der Waals surface area contributed by atoms with Crippen molar-refractivity contribution in [1.82, 2.24) is 10.2 Å². The van der Waals surface area contributed by atoms with E-state index in [0.29, 0.717) is 11.3 Å². The first-order valence-electron chi connectivity index (χ1n) is 7.99. The highest BCUT2D eigenvalue weighted by Gasteiger charge is 2.14. The molecule has 3 amide bonds. The van der Waals surface area contributed by atoms with Gasteiger partial charge in [0.05, 0.1) is 13.1 Å². The molecule has 26 heavy (non-hydrogen) atoms. The number of carbonyl (C=O) groups is 3. The molecule has 0 aromatic heterocycles. The van der Waals surface area contributed by atoms with Gasteiger partial charge in [0.1, 0.15) is 0 Å². The van der Waals surface area contributed by atoms with Gasteiger partial charge in [-0.3, -0.25) is 14.4 Å². The molecule has 0 bridgehead atoms. The number of hydrogen-bond acceptors (Lipinski definition) is 3. The normalized spacial score (nSPS) is 10.1. The molecule has 2 N–H and O–H groups in total. The van der Waals surface area contributed by atoms with E-state index < -0.39 is 0 Å². The second-order valence-electron chi connectivity index (χ2n) is 5.85. The van der Waals surface area contributed by atoms with Crippen LogP contribution in [0.1, 0.15) is 15.9 Å². The van der Waals surface area contributed by atoms with E-state index in [-0.39, 0.29) is 30.8 Å². The highest BCUT2D eigenvalue weighted by molar-refractivity contribution is 9.10. The van der Waals surface area contributed by atoms with Crippen LogP contribution in [0.4, 0.5) is 5.69 Å². The second kappa shape index (κ2) is 9.15. The van der Waals surface area contributed by atoms with Gasteiger partial charge in [0, 0.05) is 22.8 Å². The number of nitrogens with one attached hydrogen (secondary N) is 2.